The standard InChI is InChI=1S/C20H23N3O3S/c1-12-5-10-16(22-11-12)27-20-17(23-18(26-20)14-7-8-14)13(2)6-9-15(21-3)19(24)25-4/h5-6,10-11,14H,7-9H2,1-4H3/b13-6+,21-15?. The molecule has 0 aromatic carbocycles. The first kappa shape index (κ1) is 19.4. The van der Waals surface area contributed by atoms with Gasteiger partial charge in [-0.2, -0.15) is 0 Å². The number of aliphatic imine (C=N–C) groups is 1. The molecular formula is C20H23N3O3S. The molecule has 1 aliphatic carbocycles. The summed E-state index contributed by atoms with van der Waals surface area (Å²) in [6, 6.07) is 4.00. The zero-order valence-electron chi connectivity index (χ0n) is 16.0. The number of nitrogens with zero attached hydrogens (tertiary/aromatic N) is 3. The molecule has 2 aromatic heterocycles. The number of ether oxygens (including phenoxy) is 1. The van der Waals surface area contributed by atoms with Gasteiger partial charge in [0.2, 0.25) is 0 Å². The lowest BCUT2D eigenvalue weighted by Gasteiger charge is -2.03. The molecule has 0 atom stereocenters. The highest BCUT2D eigenvalue weighted by Crippen LogP contribution is 2.43. The van der Waals surface area contributed by atoms with E-state index in [9.17, 15) is 4.79 Å². The number of rotatable bonds is 7. The lowest BCUT2D eigenvalue weighted by molar-refractivity contribution is -0.132. The second-order valence-corrected chi connectivity index (χ2v) is 7.48. The molecule has 0 amide bonds. The summed E-state index contributed by atoms with van der Waals surface area (Å²) in [5.41, 5.74) is 3.22. The van der Waals surface area contributed by atoms with Gasteiger partial charge in [-0.15, -0.1) is 0 Å². The summed E-state index contributed by atoms with van der Waals surface area (Å²) in [5.74, 6) is 0.781. The van der Waals surface area contributed by atoms with E-state index in [1.807, 2.05) is 38.3 Å². The van der Waals surface area contributed by atoms with E-state index in [2.05, 4.69) is 9.98 Å². The molecule has 1 fully saturated rings. The first-order valence-corrected chi connectivity index (χ1v) is 9.65. The third kappa shape index (κ3) is 4.86. The average molecular weight is 385 g/mol. The fourth-order valence-electron chi connectivity index (χ4n) is 2.48. The van der Waals surface area contributed by atoms with Gasteiger partial charge in [0.25, 0.3) is 0 Å². The van der Waals surface area contributed by atoms with Crippen LogP contribution in [0, 0.1) is 6.92 Å². The molecule has 0 spiro atoms. The number of allylic oxidation sites excluding steroid dienone is 2. The molecule has 0 unspecified atom stereocenters. The van der Waals surface area contributed by atoms with Crippen LogP contribution in [0.1, 0.15) is 49.3 Å². The Morgan fingerprint density at radius 2 is 2.22 bits per heavy atom. The fourth-order valence-corrected chi connectivity index (χ4v) is 3.35. The second-order valence-electron chi connectivity index (χ2n) is 6.49. The van der Waals surface area contributed by atoms with Crippen molar-refractivity contribution in [2.24, 2.45) is 4.99 Å². The maximum Gasteiger partial charge on any atom is 0.352 e. The van der Waals surface area contributed by atoms with Crippen molar-refractivity contribution in [1.29, 1.82) is 0 Å². The largest absolute Gasteiger partial charge is 0.465 e. The molecule has 1 saturated carbocycles. The number of carbonyl (C=O) groups excluding carboxylic acids is 1. The van der Waals surface area contributed by atoms with Crippen molar-refractivity contribution in [3.8, 4) is 0 Å². The van der Waals surface area contributed by atoms with Gasteiger partial charge >= 0.3 is 5.97 Å². The summed E-state index contributed by atoms with van der Waals surface area (Å²) >= 11 is 1.47. The van der Waals surface area contributed by atoms with Crippen LogP contribution >= 0.6 is 11.8 Å². The molecule has 142 valence electrons. The van der Waals surface area contributed by atoms with Gasteiger partial charge in [-0.05, 0) is 55.7 Å². The van der Waals surface area contributed by atoms with E-state index in [0.717, 1.165) is 45.7 Å². The Balaban J connectivity index is 1.85. The summed E-state index contributed by atoms with van der Waals surface area (Å²) in [6.07, 6.45) is 6.38. The Bertz CT molecular complexity index is 880. The highest BCUT2D eigenvalue weighted by Gasteiger charge is 2.31. The van der Waals surface area contributed by atoms with E-state index in [-0.39, 0.29) is 0 Å². The second kappa shape index (κ2) is 8.52. The van der Waals surface area contributed by atoms with Crippen LogP contribution in [0.15, 0.2) is 43.9 Å². The molecule has 2 aromatic rings. The lowest BCUT2D eigenvalue weighted by Crippen LogP contribution is -2.14. The van der Waals surface area contributed by atoms with E-state index in [1.54, 1.807) is 7.05 Å². The van der Waals surface area contributed by atoms with Crippen molar-refractivity contribution >= 4 is 29.0 Å². The van der Waals surface area contributed by atoms with Gasteiger partial charge < -0.3 is 9.15 Å². The van der Waals surface area contributed by atoms with Crippen molar-refractivity contribution in [2.75, 3.05) is 14.2 Å². The van der Waals surface area contributed by atoms with Crippen LogP contribution < -0.4 is 0 Å². The zero-order chi connectivity index (χ0) is 19.4. The molecule has 27 heavy (non-hydrogen) atoms. The number of hydrogen-bond acceptors (Lipinski definition) is 7. The topological polar surface area (TPSA) is 77.6 Å². The Morgan fingerprint density at radius 3 is 2.81 bits per heavy atom. The van der Waals surface area contributed by atoms with Gasteiger partial charge in [-0.1, -0.05) is 12.1 Å². The van der Waals surface area contributed by atoms with E-state index >= 15 is 0 Å². The average Bonchev–Trinajstić information content (AvgIpc) is 3.44. The highest BCUT2D eigenvalue weighted by molar-refractivity contribution is 7.99. The summed E-state index contributed by atoms with van der Waals surface area (Å²) < 4.78 is 10.8. The van der Waals surface area contributed by atoms with E-state index in [0.29, 0.717) is 18.1 Å². The Labute approximate surface area is 163 Å². The van der Waals surface area contributed by atoms with Crippen LogP contribution in [0.3, 0.4) is 0 Å². The Morgan fingerprint density at radius 1 is 1.44 bits per heavy atom. The predicted octanol–water partition coefficient (Wildman–Crippen LogP) is 4.44. The number of aromatic nitrogens is 2. The molecular weight excluding hydrogens is 362 g/mol. The molecule has 3 rings (SSSR count). The van der Waals surface area contributed by atoms with E-state index in [4.69, 9.17) is 14.1 Å². The highest BCUT2D eigenvalue weighted by atomic mass is 32.2. The monoisotopic (exact) mass is 385 g/mol. The van der Waals surface area contributed by atoms with E-state index in [1.165, 1.54) is 18.9 Å². The van der Waals surface area contributed by atoms with Crippen LogP contribution in [0.4, 0.5) is 0 Å². The number of hydrogen-bond donors (Lipinski definition) is 0. The van der Waals surface area contributed by atoms with Gasteiger partial charge in [-0.3, -0.25) is 4.99 Å². The minimum Gasteiger partial charge on any atom is -0.465 e. The number of oxazole rings is 1. The maximum atomic E-state index is 11.7. The summed E-state index contributed by atoms with van der Waals surface area (Å²) in [6.45, 7) is 3.97. The smallest absolute Gasteiger partial charge is 0.352 e. The van der Waals surface area contributed by atoms with Crippen LogP contribution in [-0.4, -0.2) is 35.8 Å². The number of carbonyl (C=O) groups is 1. The normalized spacial score (nSPS) is 15.1. The lowest BCUT2D eigenvalue weighted by atomic mass is 10.1. The summed E-state index contributed by atoms with van der Waals surface area (Å²) in [4.78, 5) is 24.9. The Kier molecular flexibility index (Phi) is 6.11. The van der Waals surface area contributed by atoms with Crippen LogP contribution in [0.5, 0.6) is 0 Å². The Hall–Kier alpha value is -2.41. The SMILES string of the molecule is CN=C(C/C=C(\C)c1nc(C2CC2)oc1Sc1ccc(C)cn1)C(=O)OC. The third-order valence-corrected chi connectivity index (χ3v) is 5.20. The summed E-state index contributed by atoms with van der Waals surface area (Å²) in [7, 11) is 2.94. The minimum atomic E-state index is -0.418. The molecule has 1 aliphatic rings. The van der Waals surface area contributed by atoms with Gasteiger partial charge in [0.1, 0.15) is 16.4 Å². The van der Waals surface area contributed by atoms with Crippen LogP contribution in [0.25, 0.3) is 5.57 Å². The zero-order valence-corrected chi connectivity index (χ0v) is 16.8. The maximum absolute atomic E-state index is 11.7. The number of methoxy groups -OCH3 is 1. The number of esters is 1. The molecule has 0 N–H and O–H groups in total. The quantitative estimate of drug-likeness (QED) is 0.518. The van der Waals surface area contributed by atoms with Crippen molar-refractivity contribution < 1.29 is 13.9 Å². The van der Waals surface area contributed by atoms with Gasteiger partial charge in [0, 0.05) is 25.6 Å². The summed E-state index contributed by atoms with van der Waals surface area (Å²) in [5, 5.41) is 1.59. The molecule has 0 aliphatic heterocycles. The van der Waals surface area contributed by atoms with E-state index < -0.39 is 5.97 Å². The van der Waals surface area contributed by atoms with Crippen LogP contribution in [-0.2, 0) is 9.53 Å². The van der Waals surface area contributed by atoms with Crippen molar-refractivity contribution in [1.82, 2.24) is 9.97 Å². The molecule has 2 heterocycles. The number of aryl methyl sites for hydroxylation is 1. The molecule has 0 radical (unpaired) electrons. The molecule has 6 nitrogen and oxygen atoms in total. The predicted molar refractivity (Wildman–Crippen MR) is 105 cm³/mol. The van der Waals surface area contributed by atoms with Gasteiger partial charge in [0.05, 0.1) is 7.11 Å². The molecule has 0 saturated heterocycles. The first-order chi connectivity index (χ1) is 13.0. The van der Waals surface area contributed by atoms with Gasteiger partial charge in [0.15, 0.2) is 11.0 Å². The third-order valence-electron chi connectivity index (χ3n) is 4.29. The molecule has 0 bridgehead atoms. The molecule has 7 heteroatoms. The first-order valence-electron chi connectivity index (χ1n) is 8.84. The minimum absolute atomic E-state index is 0.372. The van der Waals surface area contributed by atoms with Crippen molar-refractivity contribution in [3.63, 3.8) is 0 Å². The fraction of sp³-hybridized carbons (Fsp3) is 0.400. The number of pyridine rings is 1. The van der Waals surface area contributed by atoms with Crippen molar-refractivity contribution in [2.45, 2.75) is 49.1 Å². The van der Waals surface area contributed by atoms with Crippen molar-refractivity contribution in [3.05, 3.63) is 41.6 Å². The van der Waals surface area contributed by atoms with Gasteiger partial charge in [-0.25, -0.2) is 14.8 Å². The van der Waals surface area contributed by atoms with Crippen LogP contribution in [0.2, 0.25) is 0 Å².